The molecule has 0 amide bonds. The first-order valence-corrected chi connectivity index (χ1v) is 15.2. The van der Waals surface area contributed by atoms with Crippen molar-refractivity contribution in [2.75, 3.05) is 19.1 Å². The Balaban J connectivity index is 1.75. The summed E-state index contributed by atoms with van der Waals surface area (Å²) in [6.07, 6.45) is -4.56. The van der Waals surface area contributed by atoms with E-state index in [9.17, 15) is 22.8 Å². The van der Waals surface area contributed by atoms with E-state index >= 15 is 0 Å². The Labute approximate surface area is 262 Å². The molecule has 0 bridgehead atoms. The van der Waals surface area contributed by atoms with Gasteiger partial charge in [-0.25, -0.2) is 4.98 Å². The van der Waals surface area contributed by atoms with Gasteiger partial charge in [0, 0.05) is 25.4 Å². The highest BCUT2D eigenvalue weighted by molar-refractivity contribution is 6.00. The molecule has 1 aliphatic rings. The molecular formula is C35H41F3N2O5. The number of halogens is 3. The van der Waals surface area contributed by atoms with E-state index in [4.69, 9.17) is 14.2 Å². The van der Waals surface area contributed by atoms with Crippen molar-refractivity contribution in [1.29, 1.82) is 0 Å². The molecule has 4 rings (SSSR count). The van der Waals surface area contributed by atoms with Crippen molar-refractivity contribution in [1.82, 2.24) is 4.98 Å². The molecule has 0 N–H and O–H groups in total. The maximum absolute atomic E-state index is 14.6. The first kappa shape index (κ1) is 33.8. The summed E-state index contributed by atoms with van der Waals surface area (Å²) >= 11 is 0. The number of benzene rings is 2. The molecule has 0 spiro atoms. The third-order valence-corrected chi connectivity index (χ3v) is 8.54. The van der Waals surface area contributed by atoms with Crippen LogP contribution in [0.15, 0.2) is 54.6 Å². The van der Waals surface area contributed by atoms with Crippen molar-refractivity contribution in [2.45, 2.75) is 78.2 Å². The number of ketones is 1. The van der Waals surface area contributed by atoms with Gasteiger partial charge in [-0.1, -0.05) is 38.1 Å². The first-order chi connectivity index (χ1) is 21.3. The van der Waals surface area contributed by atoms with Crippen molar-refractivity contribution in [3.05, 3.63) is 82.5 Å². The van der Waals surface area contributed by atoms with Gasteiger partial charge in [0.2, 0.25) is 0 Å². The maximum Gasteiger partial charge on any atom is 0.418 e. The number of rotatable bonds is 11. The number of esters is 1. The van der Waals surface area contributed by atoms with E-state index in [1.54, 1.807) is 28.1 Å². The number of Topliss-reactive ketones (excluding diaryl/α,β-unsaturated/α-hetero) is 1. The van der Waals surface area contributed by atoms with Crippen LogP contribution in [-0.4, -0.2) is 37.1 Å². The number of methoxy groups -OCH3 is 2. The average Bonchev–Trinajstić information content (AvgIpc) is 3.01. The molecule has 4 unspecified atom stereocenters. The van der Waals surface area contributed by atoms with Gasteiger partial charge in [-0.05, 0) is 79.6 Å². The number of hydrogen-bond donors (Lipinski definition) is 0. The Morgan fingerprint density at radius 3 is 2.00 bits per heavy atom. The van der Waals surface area contributed by atoms with Crippen LogP contribution in [0.1, 0.15) is 73.9 Å². The zero-order chi connectivity index (χ0) is 32.9. The molecule has 2 aromatic carbocycles. The summed E-state index contributed by atoms with van der Waals surface area (Å²) in [6.45, 7) is 7.53. The molecule has 4 atom stereocenters. The number of anilines is 1. The van der Waals surface area contributed by atoms with Gasteiger partial charge in [-0.15, -0.1) is 0 Å². The van der Waals surface area contributed by atoms with Gasteiger partial charge in [0.05, 0.1) is 31.6 Å². The second-order valence-electron chi connectivity index (χ2n) is 11.8. The first-order valence-electron chi connectivity index (χ1n) is 15.2. The second-order valence-corrected chi connectivity index (χ2v) is 11.8. The lowest BCUT2D eigenvalue weighted by atomic mass is 9.71. The molecule has 242 valence electrons. The minimum absolute atomic E-state index is 0.0231. The molecular weight excluding hydrogens is 585 g/mol. The molecule has 1 aromatic heterocycles. The zero-order valence-electron chi connectivity index (χ0n) is 26.6. The van der Waals surface area contributed by atoms with Gasteiger partial charge < -0.3 is 19.1 Å². The van der Waals surface area contributed by atoms with E-state index in [2.05, 4.69) is 4.98 Å². The van der Waals surface area contributed by atoms with Gasteiger partial charge in [-0.2, -0.15) is 13.2 Å². The summed E-state index contributed by atoms with van der Waals surface area (Å²) < 4.78 is 59.8. The molecule has 1 saturated carbocycles. The largest absolute Gasteiger partial charge is 0.497 e. The third kappa shape index (κ3) is 8.15. The zero-order valence-corrected chi connectivity index (χ0v) is 26.6. The van der Waals surface area contributed by atoms with E-state index in [0.717, 1.165) is 11.1 Å². The van der Waals surface area contributed by atoms with Crippen molar-refractivity contribution >= 4 is 17.6 Å². The van der Waals surface area contributed by atoms with Crippen LogP contribution in [0.3, 0.4) is 0 Å². The molecule has 1 fully saturated rings. The predicted octanol–water partition coefficient (Wildman–Crippen LogP) is 7.67. The van der Waals surface area contributed by atoms with E-state index < -0.39 is 41.2 Å². The Morgan fingerprint density at radius 2 is 1.53 bits per heavy atom. The monoisotopic (exact) mass is 626 g/mol. The fourth-order valence-electron chi connectivity index (χ4n) is 5.78. The van der Waals surface area contributed by atoms with Crippen molar-refractivity contribution < 1.29 is 37.0 Å². The van der Waals surface area contributed by atoms with Crippen LogP contribution in [-0.2, 0) is 33.6 Å². The lowest BCUT2D eigenvalue weighted by Crippen LogP contribution is -2.37. The number of pyridine rings is 1. The van der Waals surface area contributed by atoms with Crippen molar-refractivity contribution in [2.24, 2.45) is 11.8 Å². The van der Waals surface area contributed by atoms with Gasteiger partial charge >= 0.3 is 12.1 Å². The Hall–Kier alpha value is -4.08. The maximum atomic E-state index is 14.6. The fourth-order valence-corrected chi connectivity index (χ4v) is 5.78. The lowest BCUT2D eigenvalue weighted by Gasteiger charge is -2.35. The summed E-state index contributed by atoms with van der Waals surface area (Å²) in [5.41, 5.74) is 0.852. The molecule has 1 heterocycles. The normalized spacial score (nSPS) is 19.1. The van der Waals surface area contributed by atoms with Crippen molar-refractivity contribution in [3.8, 4) is 11.5 Å². The highest BCUT2D eigenvalue weighted by atomic mass is 19.4. The molecule has 3 aromatic rings. The number of carbonyl (C=O) groups excluding carboxylic acids is 2. The minimum Gasteiger partial charge on any atom is -0.497 e. The number of nitrogens with zero attached hydrogens (tertiary/aromatic N) is 2. The summed E-state index contributed by atoms with van der Waals surface area (Å²) in [7, 11) is 3.16. The topological polar surface area (TPSA) is 78.0 Å². The second kappa shape index (κ2) is 14.3. The van der Waals surface area contributed by atoms with Crippen LogP contribution >= 0.6 is 0 Å². The Bertz CT molecular complexity index is 1420. The predicted molar refractivity (Wildman–Crippen MR) is 165 cm³/mol. The van der Waals surface area contributed by atoms with Crippen LogP contribution < -0.4 is 14.4 Å². The van der Waals surface area contributed by atoms with Gasteiger partial charge in [-0.3, -0.25) is 9.59 Å². The molecule has 0 aliphatic heterocycles. The van der Waals surface area contributed by atoms with E-state index in [0.29, 0.717) is 36.8 Å². The quantitative estimate of drug-likeness (QED) is 0.160. The Morgan fingerprint density at radius 1 is 1.00 bits per heavy atom. The standard InChI is InChI=1S/C35H41F3N2O5/c1-7-23(4)45-34(42)29-16-21(2)28(18-30(29)41)33-32(35(36,37)38)22(3)17-31(39-33)40(19-24-8-12-26(43-5)13-9-24)20-25-10-14-27(44-6)15-11-25/h8-15,17,21,23,28-29H,7,16,18-20H2,1-6H3. The summed E-state index contributed by atoms with van der Waals surface area (Å²) in [5, 5.41) is 0. The molecule has 10 heteroatoms. The number of aromatic nitrogens is 1. The number of hydrogen-bond acceptors (Lipinski definition) is 7. The average molecular weight is 627 g/mol. The molecule has 0 radical (unpaired) electrons. The van der Waals surface area contributed by atoms with Gasteiger partial charge in [0.15, 0.2) is 0 Å². The van der Waals surface area contributed by atoms with E-state index in [1.165, 1.54) is 13.0 Å². The molecule has 7 nitrogen and oxygen atoms in total. The lowest BCUT2D eigenvalue weighted by molar-refractivity contribution is -0.158. The SMILES string of the molecule is CCC(C)OC(=O)C1CC(C)C(c2nc(N(Cc3ccc(OC)cc3)Cc3ccc(OC)cc3)cc(C)c2C(F)(F)F)CC1=O. The highest BCUT2D eigenvalue weighted by Crippen LogP contribution is 2.45. The number of ether oxygens (including phenoxy) is 3. The Kier molecular flexibility index (Phi) is 10.8. The highest BCUT2D eigenvalue weighted by Gasteiger charge is 2.45. The fraction of sp³-hybridized carbons (Fsp3) is 0.457. The number of carbonyl (C=O) groups is 2. The molecule has 1 aliphatic carbocycles. The molecule has 45 heavy (non-hydrogen) atoms. The number of alkyl halides is 3. The van der Waals surface area contributed by atoms with Crippen molar-refractivity contribution in [3.63, 3.8) is 0 Å². The summed E-state index contributed by atoms with van der Waals surface area (Å²) in [6, 6.07) is 16.4. The van der Waals surface area contributed by atoms with Crippen LogP contribution in [0.2, 0.25) is 0 Å². The number of aryl methyl sites for hydroxylation is 1. The van der Waals surface area contributed by atoms with Crippen LogP contribution in [0.4, 0.5) is 19.0 Å². The van der Waals surface area contributed by atoms with Crippen LogP contribution in [0.25, 0.3) is 0 Å². The van der Waals surface area contributed by atoms with E-state index in [-0.39, 0.29) is 30.2 Å². The smallest absolute Gasteiger partial charge is 0.418 e. The van der Waals surface area contributed by atoms with Gasteiger partial charge in [0.25, 0.3) is 0 Å². The minimum atomic E-state index is -4.68. The van der Waals surface area contributed by atoms with Crippen LogP contribution in [0, 0.1) is 18.8 Å². The van der Waals surface area contributed by atoms with Crippen LogP contribution in [0.5, 0.6) is 11.5 Å². The van der Waals surface area contributed by atoms with E-state index in [1.807, 2.05) is 60.4 Å². The summed E-state index contributed by atoms with van der Waals surface area (Å²) in [4.78, 5) is 32.6. The molecule has 0 saturated heterocycles. The third-order valence-electron chi connectivity index (χ3n) is 8.54. The summed E-state index contributed by atoms with van der Waals surface area (Å²) in [5.74, 6) is -1.52. The van der Waals surface area contributed by atoms with Gasteiger partial charge in [0.1, 0.15) is 29.0 Å².